The number of nitrogens with one attached hydrogen (secondary N) is 1. The van der Waals surface area contributed by atoms with E-state index in [9.17, 15) is 18.3 Å². The summed E-state index contributed by atoms with van der Waals surface area (Å²) in [7, 11) is -3.93. The average molecular weight is 627 g/mol. The lowest BCUT2D eigenvalue weighted by Gasteiger charge is -2.51. The number of carbonyl (C=O) groups excluding carboxylic acids is 1. The molecule has 2 aromatic carbocycles. The van der Waals surface area contributed by atoms with E-state index in [-0.39, 0.29) is 23.3 Å². The zero-order chi connectivity index (χ0) is 30.4. The van der Waals surface area contributed by atoms with Crippen molar-refractivity contribution >= 4 is 33.2 Å². The number of hydrogen-bond donors (Lipinski definition) is 2. The van der Waals surface area contributed by atoms with Crippen molar-refractivity contribution in [3.8, 4) is 5.75 Å². The smallest absolute Gasteiger partial charge is 0.264 e. The van der Waals surface area contributed by atoms with Crippen molar-refractivity contribution in [1.29, 1.82) is 0 Å². The summed E-state index contributed by atoms with van der Waals surface area (Å²) in [5.41, 5.74) is 2.53. The van der Waals surface area contributed by atoms with Crippen LogP contribution in [0.3, 0.4) is 0 Å². The molecule has 1 fully saturated rings. The molecule has 0 spiro atoms. The van der Waals surface area contributed by atoms with Crippen LogP contribution in [0.15, 0.2) is 48.6 Å². The van der Waals surface area contributed by atoms with Crippen molar-refractivity contribution in [2.45, 2.75) is 82.7 Å². The minimum atomic E-state index is -3.93. The Morgan fingerprint density at radius 2 is 1.93 bits per heavy atom. The van der Waals surface area contributed by atoms with Gasteiger partial charge in [-0.2, -0.15) is 0 Å². The fraction of sp³-hybridized carbons (Fsp3) is 0.559. The average Bonchev–Trinajstić information content (AvgIpc) is 2.97. The number of hydrogen-bond acceptors (Lipinski definition) is 6. The second-order valence-corrected chi connectivity index (χ2v) is 15.8. The van der Waals surface area contributed by atoms with Gasteiger partial charge in [0.25, 0.3) is 5.91 Å². The van der Waals surface area contributed by atoms with Gasteiger partial charge in [0.1, 0.15) is 12.4 Å². The summed E-state index contributed by atoms with van der Waals surface area (Å²) in [6, 6.07) is 11.1. The highest BCUT2D eigenvalue weighted by Gasteiger charge is 2.48. The van der Waals surface area contributed by atoms with Crippen molar-refractivity contribution in [3.63, 3.8) is 0 Å². The molecule has 2 aromatic rings. The van der Waals surface area contributed by atoms with E-state index < -0.39 is 26.8 Å². The summed E-state index contributed by atoms with van der Waals surface area (Å²) in [5.74, 6) is 0.411. The van der Waals surface area contributed by atoms with Crippen LogP contribution in [0.4, 0.5) is 5.69 Å². The van der Waals surface area contributed by atoms with Crippen LogP contribution in [-0.2, 0) is 23.1 Å². The van der Waals surface area contributed by atoms with Crippen LogP contribution in [0.5, 0.6) is 5.75 Å². The third kappa shape index (κ3) is 6.34. The standard InChI is InChI=1S/C34H43ClN2O5S/c1-22-16-24-6-5-14-34(39,19-24)30-12-9-27(30)20-37-15-4-3-7-25-17-29(35)11-8-28(25)21-42-32-13-10-26(18-31(32)37)33(38)36-43(40,41)23(22)2/h5-6,8,10-11,13,17-18,22-24,27,30,39H,3-4,7,9,12,14-16,19-21H2,1-2H3,(H,36,38)/t22-,23+,24+,27-,30+,34+/m0/s1. The van der Waals surface area contributed by atoms with E-state index in [1.165, 1.54) is 5.56 Å². The molecule has 7 nitrogen and oxygen atoms in total. The molecule has 6 atom stereocenters. The number of sulfonamides is 1. The van der Waals surface area contributed by atoms with E-state index in [0.717, 1.165) is 56.4 Å². The van der Waals surface area contributed by atoms with Crippen LogP contribution in [0.2, 0.25) is 5.02 Å². The molecule has 2 N–H and O–H groups in total. The Kier molecular flexibility index (Phi) is 8.57. The van der Waals surface area contributed by atoms with Gasteiger partial charge in [-0.1, -0.05) is 36.7 Å². The van der Waals surface area contributed by atoms with E-state index in [1.54, 1.807) is 25.1 Å². The zero-order valence-corrected chi connectivity index (χ0v) is 26.7. The van der Waals surface area contributed by atoms with E-state index in [4.69, 9.17) is 16.3 Å². The molecular formula is C34H43ClN2O5S. The Morgan fingerprint density at radius 3 is 2.72 bits per heavy atom. The number of amides is 1. The summed E-state index contributed by atoms with van der Waals surface area (Å²) in [5, 5.41) is 12.0. The number of carbonyl (C=O) groups is 1. The topological polar surface area (TPSA) is 95.9 Å². The number of aryl methyl sites for hydroxylation is 1. The molecule has 9 heteroatoms. The first-order valence-electron chi connectivity index (χ1n) is 15.8. The highest BCUT2D eigenvalue weighted by atomic mass is 35.5. The number of ether oxygens (including phenoxy) is 1. The maximum absolute atomic E-state index is 13.4. The van der Waals surface area contributed by atoms with Crippen molar-refractivity contribution < 1.29 is 23.1 Å². The highest BCUT2D eigenvalue weighted by Crippen LogP contribution is 2.49. The number of halogens is 1. The van der Waals surface area contributed by atoms with Crippen LogP contribution in [-0.4, -0.2) is 43.4 Å². The predicted octanol–water partition coefficient (Wildman–Crippen LogP) is 6.27. The molecule has 6 rings (SSSR count). The van der Waals surface area contributed by atoms with Gasteiger partial charge >= 0.3 is 0 Å². The molecule has 1 amide bonds. The van der Waals surface area contributed by atoms with Crippen LogP contribution >= 0.6 is 11.6 Å². The summed E-state index contributed by atoms with van der Waals surface area (Å²) in [6.45, 7) is 5.45. The zero-order valence-electron chi connectivity index (χ0n) is 25.1. The van der Waals surface area contributed by atoms with E-state index in [0.29, 0.717) is 42.6 Å². The Balaban J connectivity index is 1.40. The molecule has 0 radical (unpaired) electrons. The minimum Gasteiger partial charge on any atom is -0.487 e. The quantitative estimate of drug-likeness (QED) is 0.335. The minimum absolute atomic E-state index is 0.0943. The van der Waals surface area contributed by atoms with Crippen LogP contribution in [0.25, 0.3) is 0 Å². The number of allylic oxidation sites excluding steroid dienone is 1. The molecule has 4 bridgehead atoms. The lowest BCUT2D eigenvalue weighted by Crippen LogP contribution is -2.52. The molecule has 0 saturated heterocycles. The van der Waals surface area contributed by atoms with Crippen molar-refractivity contribution in [3.05, 3.63) is 70.3 Å². The van der Waals surface area contributed by atoms with E-state index in [1.807, 2.05) is 25.1 Å². The fourth-order valence-electron chi connectivity index (χ4n) is 7.65. The van der Waals surface area contributed by atoms with Crippen molar-refractivity contribution in [1.82, 2.24) is 4.72 Å². The Bertz CT molecular complexity index is 1510. The molecule has 2 heterocycles. The lowest BCUT2D eigenvalue weighted by atomic mass is 9.60. The summed E-state index contributed by atoms with van der Waals surface area (Å²) in [4.78, 5) is 15.7. The van der Waals surface area contributed by atoms with Gasteiger partial charge in [-0.3, -0.25) is 4.79 Å². The molecule has 2 aliphatic heterocycles. The van der Waals surface area contributed by atoms with Gasteiger partial charge in [-0.05, 0) is 123 Å². The van der Waals surface area contributed by atoms with Gasteiger partial charge < -0.3 is 14.7 Å². The fourth-order valence-corrected chi connectivity index (χ4v) is 9.13. The maximum Gasteiger partial charge on any atom is 0.264 e. The van der Waals surface area contributed by atoms with Crippen LogP contribution < -0.4 is 14.4 Å². The van der Waals surface area contributed by atoms with Gasteiger partial charge in [0.2, 0.25) is 10.0 Å². The van der Waals surface area contributed by atoms with Gasteiger partial charge in [0.15, 0.2) is 0 Å². The van der Waals surface area contributed by atoms with Crippen molar-refractivity contribution in [2.75, 3.05) is 18.0 Å². The number of rotatable bonds is 0. The summed E-state index contributed by atoms with van der Waals surface area (Å²) in [6.07, 6.45) is 11.0. The van der Waals surface area contributed by atoms with Gasteiger partial charge in [-0.25, -0.2) is 13.1 Å². The third-order valence-corrected chi connectivity index (χ3v) is 12.6. The SMILES string of the molecule is C[C@@H]1[C@@H](C)C[C@H]2C=CC[C@@](O)(C2)[C@@H]2CC[C@H]2CN2CCCCc3cc(Cl)ccc3COc3ccc(cc32)C(=O)NS1(=O)=O. The Hall–Kier alpha value is -2.55. The van der Waals surface area contributed by atoms with Crippen molar-refractivity contribution in [2.24, 2.45) is 23.7 Å². The summed E-state index contributed by atoms with van der Waals surface area (Å²) < 4.78 is 35.5. The number of fused-ring (bicyclic) bond motifs is 6. The normalized spacial score (nSPS) is 32.6. The molecule has 43 heavy (non-hydrogen) atoms. The van der Waals surface area contributed by atoms with Crippen LogP contribution in [0.1, 0.15) is 80.3 Å². The molecule has 4 aliphatic rings. The Labute approximate surface area is 260 Å². The number of benzene rings is 2. The number of anilines is 1. The second kappa shape index (κ2) is 12.1. The third-order valence-electron chi connectivity index (χ3n) is 10.5. The Morgan fingerprint density at radius 1 is 1.09 bits per heavy atom. The van der Waals surface area contributed by atoms with Crippen LogP contribution in [0, 0.1) is 23.7 Å². The molecule has 2 aliphatic carbocycles. The molecule has 0 unspecified atom stereocenters. The monoisotopic (exact) mass is 626 g/mol. The lowest BCUT2D eigenvalue weighted by molar-refractivity contribution is -0.0951. The molecule has 1 saturated carbocycles. The largest absolute Gasteiger partial charge is 0.487 e. The number of aliphatic hydroxyl groups is 1. The first-order chi connectivity index (χ1) is 20.5. The molecule has 0 aromatic heterocycles. The first kappa shape index (κ1) is 30.5. The summed E-state index contributed by atoms with van der Waals surface area (Å²) >= 11 is 6.33. The predicted molar refractivity (Wildman–Crippen MR) is 170 cm³/mol. The highest BCUT2D eigenvalue weighted by molar-refractivity contribution is 7.90. The number of nitrogens with zero attached hydrogens (tertiary/aromatic N) is 1. The van der Waals surface area contributed by atoms with Gasteiger partial charge in [0, 0.05) is 23.7 Å². The molecule has 232 valence electrons. The van der Waals surface area contributed by atoms with E-state index in [2.05, 4.69) is 21.8 Å². The van der Waals surface area contributed by atoms with Gasteiger partial charge in [-0.15, -0.1) is 0 Å². The second-order valence-electron chi connectivity index (χ2n) is 13.3. The first-order valence-corrected chi connectivity index (χ1v) is 17.7. The van der Waals surface area contributed by atoms with Gasteiger partial charge in [0.05, 0.1) is 16.5 Å². The molecular weight excluding hydrogens is 584 g/mol. The van der Waals surface area contributed by atoms with E-state index >= 15 is 0 Å². The maximum atomic E-state index is 13.4.